The number of rotatable bonds is 6. The minimum Gasteiger partial charge on any atom is -0.489 e. The molecule has 27 heavy (non-hydrogen) atoms. The third kappa shape index (κ3) is 4.19. The molecule has 3 rings (SSSR count). The summed E-state index contributed by atoms with van der Waals surface area (Å²) in [6, 6.07) is 7.54. The molecule has 1 amide bonds. The van der Waals surface area contributed by atoms with Crippen molar-refractivity contribution in [2.75, 3.05) is 0 Å². The van der Waals surface area contributed by atoms with Crippen molar-refractivity contribution in [2.45, 2.75) is 40.3 Å². The van der Waals surface area contributed by atoms with Crippen LogP contribution in [0.4, 0.5) is 0 Å². The van der Waals surface area contributed by atoms with Crippen LogP contribution in [0, 0.1) is 20.8 Å². The molecule has 3 aromatic rings. The molecular weight excluding hydrogens is 344 g/mol. The van der Waals surface area contributed by atoms with Gasteiger partial charge in [-0.2, -0.15) is 5.10 Å². The van der Waals surface area contributed by atoms with Crippen LogP contribution in [0.25, 0.3) is 0 Å². The van der Waals surface area contributed by atoms with Crippen molar-refractivity contribution in [1.29, 1.82) is 0 Å². The maximum absolute atomic E-state index is 12.7. The fraction of sp³-hybridized carbons (Fsp3) is 0.350. The molecule has 0 aliphatic rings. The molecule has 0 aliphatic carbocycles. The molecule has 0 saturated carbocycles. The van der Waals surface area contributed by atoms with Crippen molar-refractivity contribution in [3.63, 3.8) is 0 Å². The van der Waals surface area contributed by atoms with Gasteiger partial charge < -0.3 is 14.6 Å². The van der Waals surface area contributed by atoms with Crippen LogP contribution >= 0.6 is 0 Å². The van der Waals surface area contributed by atoms with Crippen LogP contribution in [0.1, 0.15) is 51.6 Å². The third-order valence-electron chi connectivity index (χ3n) is 4.47. The van der Waals surface area contributed by atoms with E-state index in [4.69, 9.17) is 9.26 Å². The Bertz CT molecular complexity index is 941. The van der Waals surface area contributed by atoms with E-state index in [1.165, 1.54) is 0 Å². The van der Waals surface area contributed by atoms with E-state index < -0.39 is 0 Å². The number of nitrogens with one attached hydrogen (secondary N) is 1. The summed E-state index contributed by atoms with van der Waals surface area (Å²) in [7, 11) is 1.85. The second-order valence-electron chi connectivity index (χ2n) is 6.71. The zero-order valence-corrected chi connectivity index (χ0v) is 16.2. The largest absolute Gasteiger partial charge is 0.489 e. The predicted molar refractivity (Wildman–Crippen MR) is 101 cm³/mol. The van der Waals surface area contributed by atoms with Crippen LogP contribution in [0.2, 0.25) is 0 Å². The minimum atomic E-state index is -0.301. The van der Waals surface area contributed by atoms with Crippen molar-refractivity contribution in [3.05, 3.63) is 64.3 Å². The predicted octanol–water partition coefficient (Wildman–Crippen LogP) is 3.40. The number of benzene rings is 1. The van der Waals surface area contributed by atoms with Crippen LogP contribution in [-0.4, -0.2) is 20.8 Å². The molecule has 1 unspecified atom stereocenters. The Morgan fingerprint density at radius 1 is 1.26 bits per heavy atom. The number of ether oxygens (including phenoxy) is 1. The lowest BCUT2D eigenvalue weighted by Crippen LogP contribution is -2.28. The number of aryl methyl sites for hydroxylation is 4. The highest BCUT2D eigenvalue weighted by Gasteiger charge is 2.23. The van der Waals surface area contributed by atoms with Crippen LogP contribution in [-0.2, 0) is 13.7 Å². The molecule has 7 nitrogen and oxygen atoms in total. The standard InChI is InChI=1S/C20H24N4O3/c1-12-6-8-16(9-7-12)26-11-18-15(4)27-23-19(18)20(25)21-13(2)17-10-24(5)22-14(17)3/h6-10,13H,11H2,1-5H3,(H,21,25). The molecule has 0 aliphatic heterocycles. The normalized spacial score (nSPS) is 12.0. The van der Waals surface area contributed by atoms with Crippen LogP contribution < -0.4 is 10.1 Å². The second-order valence-corrected chi connectivity index (χ2v) is 6.71. The lowest BCUT2D eigenvalue weighted by Gasteiger charge is -2.13. The van der Waals surface area contributed by atoms with Gasteiger partial charge in [-0.1, -0.05) is 22.9 Å². The summed E-state index contributed by atoms with van der Waals surface area (Å²) in [6.45, 7) is 7.83. The number of nitrogens with zero attached hydrogens (tertiary/aromatic N) is 3. The van der Waals surface area contributed by atoms with E-state index in [9.17, 15) is 4.79 Å². The highest BCUT2D eigenvalue weighted by molar-refractivity contribution is 5.94. The van der Waals surface area contributed by atoms with Crippen LogP contribution in [0.3, 0.4) is 0 Å². The number of amides is 1. The van der Waals surface area contributed by atoms with E-state index in [1.54, 1.807) is 11.6 Å². The zero-order chi connectivity index (χ0) is 19.6. The maximum Gasteiger partial charge on any atom is 0.274 e. The van der Waals surface area contributed by atoms with E-state index in [0.717, 1.165) is 22.6 Å². The lowest BCUT2D eigenvalue weighted by atomic mass is 10.1. The molecule has 0 spiro atoms. The molecular formula is C20H24N4O3. The first-order valence-electron chi connectivity index (χ1n) is 8.80. The van der Waals surface area contributed by atoms with Gasteiger partial charge in [-0.3, -0.25) is 9.48 Å². The quantitative estimate of drug-likeness (QED) is 0.721. The highest BCUT2D eigenvalue weighted by Crippen LogP contribution is 2.20. The number of carbonyl (C=O) groups excluding carboxylic acids is 1. The van der Waals surface area contributed by atoms with Gasteiger partial charge in [-0.25, -0.2) is 0 Å². The summed E-state index contributed by atoms with van der Waals surface area (Å²) in [5, 5.41) is 11.2. The number of hydrogen-bond donors (Lipinski definition) is 1. The topological polar surface area (TPSA) is 82.2 Å². The minimum absolute atomic E-state index is 0.200. The van der Waals surface area contributed by atoms with Gasteiger partial charge in [0.25, 0.3) is 5.91 Å². The summed E-state index contributed by atoms with van der Waals surface area (Å²) in [5.41, 5.74) is 3.88. The van der Waals surface area contributed by atoms with Gasteiger partial charge in [0.15, 0.2) is 5.69 Å². The van der Waals surface area contributed by atoms with Crippen molar-refractivity contribution in [2.24, 2.45) is 7.05 Å². The Kier molecular flexibility index (Phi) is 5.30. The Balaban J connectivity index is 1.72. The van der Waals surface area contributed by atoms with E-state index in [-0.39, 0.29) is 24.2 Å². The summed E-state index contributed by atoms with van der Waals surface area (Å²) in [6.07, 6.45) is 1.90. The lowest BCUT2D eigenvalue weighted by molar-refractivity contribution is 0.0928. The third-order valence-corrected chi connectivity index (χ3v) is 4.47. The van der Waals surface area contributed by atoms with Crippen LogP contribution in [0.15, 0.2) is 35.0 Å². The fourth-order valence-corrected chi connectivity index (χ4v) is 2.92. The van der Waals surface area contributed by atoms with Crippen molar-refractivity contribution >= 4 is 5.91 Å². The average molecular weight is 368 g/mol. The average Bonchev–Trinajstić information content (AvgIpc) is 3.16. The molecule has 7 heteroatoms. The molecule has 0 radical (unpaired) electrons. The molecule has 1 aromatic carbocycles. The molecule has 142 valence electrons. The summed E-state index contributed by atoms with van der Waals surface area (Å²) >= 11 is 0. The Labute approximate surface area is 158 Å². The molecule has 0 fully saturated rings. The molecule has 2 aromatic heterocycles. The molecule has 2 heterocycles. The zero-order valence-electron chi connectivity index (χ0n) is 16.2. The van der Waals surface area contributed by atoms with Gasteiger partial charge >= 0.3 is 0 Å². The van der Waals surface area contributed by atoms with E-state index in [1.807, 2.05) is 58.3 Å². The van der Waals surface area contributed by atoms with Gasteiger partial charge in [0.05, 0.1) is 17.3 Å². The number of carbonyl (C=O) groups is 1. The monoisotopic (exact) mass is 368 g/mol. The van der Waals surface area contributed by atoms with E-state index in [0.29, 0.717) is 11.3 Å². The van der Waals surface area contributed by atoms with Crippen molar-refractivity contribution < 1.29 is 14.1 Å². The van der Waals surface area contributed by atoms with E-state index in [2.05, 4.69) is 15.6 Å². The van der Waals surface area contributed by atoms with Gasteiger partial charge in [0.2, 0.25) is 0 Å². The van der Waals surface area contributed by atoms with Crippen molar-refractivity contribution in [1.82, 2.24) is 20.3 Å². The summed E-state index contributed by atoms with van der Waals surface area (Å²) in [5.74, 6) is 0.995. The smallest absolute Gasteiger partial charge is 0.274 e. The molecule has 1 atom stereocenters. The SMILES string of the molecule is Cc1ccc(OCc2c(C(=O)NC(C)c3cn(C)nc3C)noc2C)cc1. The first-order valence-corrected chi connectivity index (χ1v) is 8.80. The van der Waals surface area contributed by atoms with Gasteiger partial charge in [0.1, 0.15) is 18.1 Å². The Hall–Kier alpha value is -3.09. The van der Waals surface area contributed by atoms with Gasteiger partial charge in [0, 0.05) is 18.8 Å². The second kappa shape index (κ2) is 7.65. The molecule has 0 bridgehead atoms. The highest BCUT2D eigenvalue weighted by atomic mass is 16.5. The van der Waals surface area contributed by atoms with Gasteiger partial charge in [-0.15, -0.1) is 0 Å². The molecule has 0 saturated heterocycles. The van der Waals surface area contributed by atoms with Gasteiger partial charge in [-0.05, 0) is 39.8 Å². The Morgan fingerprint density at radius 3 is 2.59 bits per heavy atom. The summed E-state index contributed by atoms with van der Waals surface area (Å²) in [4.78, 5) is 12.7. The fourth-order valence-electron chi connectivity index (χ4n) is 2.92. The van der Waals surface area contributed by atoms with Crippen molar-refractivity contribution in [3.8, 4) is 5.75 Å². The number of aromatic nitrogens is 3. The van der Waals surface area contributed by atoms with E-state index >= 15 is 0 Å². The molecule has 1 N–H and O–H groups in total. The first-order chi connectivity index (χ1) is 12.8. The first kappa shape index (κ1) is 18.7. The maximum atomic E-state index is 12.7. The van der Waals surface area contributed by atoms with Crippen LogP contribution in [0.5, 0.6) is 5.75 Å². The number of hydrogen-bond acceptors (Lipinski definition) is 5. The summed E-state index contributed by atoms with van der Waals surface area (Å²) < 4.78 is 12.8. The Morgan fingerprint density at radius 2 is 1.96 bits per heavy atom.